The summed E-state index contributed by atoms with van der Waals surface area (Å²) in [6, 6.07) is 15.5. The number of nitrogens with zero attached hydrogens (tertiary/aromatic N) is 2. The van der Waals surface area contributed by atoms with E-state index in [4.69, 9.17) is 0 Å². The number of halogens is 1. The first-order chi connectivity index (χ1) is 11.2. The lowest BCUT2D eigenvalue weighted by Gasteiger charge is -2.23. The first-order valence-electron chi connectivity index (χ1n) is 7.73. The second-order valence-corrected chi connectivity index (χ2v) is 6.72. The minimum absolute atomic E-state index is 0.0264. The van der Waals surface area contributed by atoms with Crippen molar-refractivity contribution in [1.82, 2.24) is 14.9 Å². The minimum atomic E-state index is 0.0264. The predicted octanol–water partition coefficient (Wildman–Crippen LogP) is 4.30. The number of aromatic amines is 1. The molecule has 116 valence electrons. The number of para-hydroxylation sites is 2. The molecule has 2 heterocycles. The van der Waals surface area contributed by atoms with Crippen molar-refractivity contribution in [3.63, 3.8) is 0 Å². The number of carbonyl (C=O) groups excluding carboxylic acids is 1. The maximum absolute atomic E-state index is 12.8. The van der Waals surface area contributed by atoms with Gasteiger partial charge in [-0.3, -0.25) is 4.79 Å². The lowest BCUT2D eigenvalue weighted by Crippen LogP contribution is -2.31. The van der Waals surface area contributed by atoms with Crippen molar-refractivity contribution >= 4 is 32.9 Å². The van der Waals surface area contributed by atoms with Crippen LogP contribution in [0.4, 0.5) is 0 Å². The van der Waals surface area contributed by atoms with E-state index in [0.717, 1.165) is 46.3 Å². The minimum Gasteiger partial charge on any atom is -0.340 e. The molecule has 1 atom stereocenters. The van der Waals surface area contributed by atoms with Crippen molar-refractivity contribution in [2.24, 2.45) is 0 Å². The number of rotatable bonds is 2. The van der Waals surface area contributed by atoms with Crippen LogP contribution in [0.25, 0.3) is 11.0 Å². The molecule has 1 saturated heterocycles. The maximum Gasteiger partial charge on any atom is 0.254 e. The molecular weight excluding hydrogens is 354 g/mol. The van der Waals surface area contributed by atoms with Gasteiger partial charge in [-0.05, 0) is 49.2 Å². The fourth-order valence-corrected chi connectivity index (χ4v) is 3.45. The van der Waals surface area contributed by atoms with E-state index < -0.39 is 0 Å². The van der Waals surface area contributed by atoms with Crippen molar-refractivity contribution in [1.29, 1.82) is 0 Å². The van der Waals surface area contributed by atoms with Crippen LogP contribution >= 0.6 is 15.9 Å². The smallest absolute Gasteiger partial charge is 0.254 e. The Kier molecular flexibility index (Phi) is 3.65. The Morgan fingerprint density at radius 2 is 1.96 bits per heavy atom. The summed E-state index contributed by atoms with van der Waals surface area (Å²) < 4.78 is 0.976. The van der Waals surface area contributed by atoms with Crippen LogP contribution in [0, 0.1) is 0 Å². The number of imidazole rings is 1. The van der Waals surface area contributed by atoms with Gasteiger partial charge >= 0.3 is 0 Å². The molecule has 4 rings (SSSR count). The molecule has 0 spiro atoms. The summed E-state index contributed by atoms with van der Waals surface area (Å²) in [4.78, 5) is 22.8. The van der Waals surface area contributed by atoms with Crippen LogP contribution in [-0.4, -0.2) is 27.3 Å². The van der Waals surface area contributed by atoms with Gasteiger partial charge in [-0.15, -0.1) is 0 Å². The lowest BCUT2D eigenvalue weighted by molar-refractivity contribution is 0.0730. The van der Waals surface area contributed by atoms with E-state index in [1.807, 2.05) is 53.4 Å². The molecule has 3 aromatic rings. The van der Waals surface area contributed by atoms with Gasteiger partial charge in [0.2, 0.25) is 0 Å². The molecule has 0 aliphatic carbocycles. The van der Waals surface area contributed by atoms with Crippen molar-refractivity contribution in [2.75, 3.05) is 6.54 Å². The van der Waals surface area contributed by atoms with Crippen LogP contribution in [-0.2, 0) is 0 Å². The predicted molar refractivity (Wildman–Crippen MR) is 93.2 cm³/mol. The molecule has 0 saturated carbocycles. The number of fused-ring (bicyclic) bond motifs is 1. The molecule has 1 aliphatic heterocycles. The van der Waals surface area contributed by atoms with E-state index in [9.17, 15) is 4.79 Å². The molecule has 0 unspecified atom stereocenters. The molecule has 4 nitrogen and oxygen atoms in total. The normalized spacial score (nSPS) is 17.8. The molecule has 23 heavy (non-hydrogen) atoms. The second-order valence-electron chi connectivity index (χ2n) is 5.80. The Balaban J connectivity index is 1.65. The number of benzene rings is 2. The summed E-state index contributed by atoms with van der Waals surface area (Å²) in [7, 11) is 0. The van der Waals surface area contributed by atoms with Crippen molar-refractivity contribution in [3.05, 3.63) is 64.4 Å². The summed E-state index contributed by atoms with van der Waals surface area (Å²) in [5.74, 6) is 0.953. The highest BCUT2D eigenvalue weighted by atomic mass is 79.9. The van der Waals surface area contributed by atoms with Gasteiger partial charge in [0.25, 0.3) is 5.91 Å². The van der Waals surface area contributed by atoms with E-state index in [2.05, 4.69) is 25.9 Å². The van der Waals surface area contributed by atoms with Crippen LogP contribution < -0.4 is 0 Å². The first-order valence-corrected chi connectivity index (χ1v) is 8.53. The number of carbonyl (C=O) groups is 1. The largest absolute Gasteiger partial charge is 0.340 e. The van der Waals surface area contributed by atoms with Crippen molar-refractivity contribution < 1.29 is 4.79 Å². The summed E-state index contributed by atoms with van der Waals surface area (Å²) in [6.07, 6.45) is 1.95. The monoisotopic (exact) mass is 369 g/mol. The number of nitrogens with one attached hydrogen (secondary N) is 1. The Hall–Kier alpha value is -2.14. The zero-order valence-corrected chi connectivity index (χ0v) is 14.1. The fraction of sp³-hybridized carbons (Fsp3) is 0.222. The molecule has 0 bridgehead atoms. The average Bonchev–Trinajstić information content (AvgIpc) is 3.21. The lowest BCUT2D eigenvalue weighted by atomic mass is 10.1. The Labute approximate surface area is 142 Å². The van der Waals surface area contributed by atoms with E-state index in [1.165, 1.54) is 0 Å². The van der Waals surface area contributed by atoms with Crippen LogP contribution in [0.1, 0.15) is 35.1 Å². The Morgan fingerprint density at radius 3 is 2.74 bits per heavy atom. The number of H-pyrrole nitrogens is 1. The van der Waals surface area contributed by atoms with Crippen LogP contribution in [0.15, 0.2) is 53.0 Å². The Bertz CT molecular complexity index is 823. The third-order valence-electron chi connectivity index (χ3n) is 4.33. The molecule has 2 aromatic carbocycles. The third kappa shape index (κ3) is 2.65. The summed E-state index contributed by atoms with van der Waals surface area (Å²) in [5.41, 5.74) is 2.69. The van der Waals surface area contributed by atoms with Crippen molar-refractivity contribution in [2.45, 2.75) is 18.9 Å². The molecule has 0 radical (unpaired) electrons. The van der Waals surface area contributed by atoms with Gasteiger partial charge < -0.3 is 9.88 Å². The summed E-state index contributed by atoms with van der Waals surface area (Å²) in [5, 5.41) is 0. The topological polar surface area (TPSA) is 49.0 Å². The van der Waals surface area contributed by atoms with Gasteiger partial charge in [0.15, 0.2) is 0 Å². The van der Waals surface area contributed by atoms with E-state index in [-0.39, 0.29) is 11.9 Å². The maximum atomic E-state index is 12.8. The van der Waals surface area contributed by atoms with Gasteiger partial charge in [0, 0.05) is 16.6 Å². The molecule has 1 aliphatic rings. The third-order valence-corrected chi connectivity index (χ3v) is 4.86. The van der Waals surface area contributed by atoms with Gasteiger partial charge in [0.1, 0.15) is 5.82 Å². The van der Waals surface area contributed by atoms with Crippen LogP contribution in [0.5, 0.6) is 0 Å². The van der Waals surface area contributed by atoms with Crippen LogP contribution in [0.2, 0.25) is 0 Å². The van der Waals surface area contributed by atoms with Crippen molar-refractivity contribution in [3.8, 4) is 0 Å². The number of aromatic nitrogens is 2. The molecule has 1 N–H and O–H groups in total. The zero-order chi connectivity index (χ0) is 15.8. The molecule has 1 aromatic heterocycles. The highest BCUT2D eigenvalue weighted by Gasteiger charge is 2.32. The molecular formula is C18H16BrN3O. The average molecular weight is 370 g/mol. The van der Waals surface area contributed by atoms with Crippen LogP contribution in [0.3, 0.4) is 0 Å². The number of amides is 1. The summed E-state index contributed by atoms with van der Waals surface area (Å²) in [6.45, 7) is 0.774. The highest BCUT2D eigenvalue weighted by molar-refractivity contribution is 9.10. The van der Waals surface area contributed by atoms with E-state index in [0.29, 0.717) is 0 Å². The van der Waals surface area contributed by atoms with Gasteiger partial charge in [-0.25, -0.2) is 4.98 Å². The first kappa shape index (κ1) is 14.5. The standard InChI is InChI=1S/C18H16BrN3O/c19-13-9-7-12(8-10-13)18(23)22-11-3-6-16(22)17-20-14-4-1-2-5-15(14)21-17/h1-2,4-5,7-10,16H,3,6,11H2,(H,20,21)/t16-/m0/s1. The molecule has 1 fully saturated rings. The van der Waals surface area contributed by atoms with Gasteiger partial charge in [-0.2, -0.15) is 0 Å². The molecule has 1 amide bonds. The number of hydrogen-bond acceptors (Lipinski definition) is 2. The Morgan fingerprint density at radius 1 is 1.17 bits per heavy atom. The number of hydrogen-bond donors (Lipinski definition) is 1. The van der Waals surface area contributed by atoms with E-state index in [1.54, 1.807) is 0 Å². The van der Waals surface area contributed by atoms with Gasteiger partial charge in [-0.1, -0.05) is 28.1 Å². The highest BCUT2D eigenvalue weighted by Crippen LogP contribution is 2.32. The zero-order valence-electron chi connectivity index (χ0n) is 12.5. The quantitative estimate of drug-likeness (QED) is 0.731. The SMILES string of the molecule is O=C(c1ccc(Br)cc1)N1CCC[C@H]1c1nc2ccccc2[nH]1. The van der Waals surface area contributed by atoms with E-state index >= 15 is 0 Å². The molecule has 5 heteroatoms. The van der Waals surface area contributed by atoms with Gasteiger partial charge in [0.05, 0.1) is 17.1 Å². The fourth-order valence-electron chi connectivity index (χ4n) is 3.18. The second kappa shape index (κ2) is 5.81. The summed E-state index contributed by atoms with van der Waals surface area (Å²) >= 11 is 3.41. The number of likely N-dealkylation sites (tertiary alicyclic amines) is 1.